The van der Waals surface area contributed by atoms with E-state index in [2.05, 4.69) is 179 Å². The van der Waals surface area contributed by atoms with Gasteiger partial charge in [-0.2, -0.15) is 12.1 Å². The largest absolute Gasteiger partial charge is 0.164 e. The van der Waals surface area contributed by atoms with Gasteiger partial charge in [0.2, 0.25) is 0 Å². The van der Waals surface area contributed by atoms with Crippen LogP contribution in [0.5, 0.6) is 0 Å². The predicted octanol–water partition coefficient (Wildman–Crippen LogP) is 13.1. The van der Waals surface area contributed by atoms with Crippen LogP contribution in [0, 0.1) is 27.7 Å². The normalized spacial score (nSPS) is 11.4. The van der Waals surface area contributed by atoms with Crippen LogP contribution in [0.3, 0.4) is 0 Å². The monoisotopic (exact) mass is 788 g/mol. The van der Waals surface area contributed by atoms with E-state index in [-0.39, 0.29) is 36.7 Å². The van der Waals surface area contributed by atoms with Crippen LogP contribution in [-0.4, -0.2) is 9.52 Å². The fourth-order valence-electron chi connectivity index (χ4n) is 5.89. The van der Waals surface area contributed by atoms with Gasteiger partial charge in [-0.15, -0.1) is 69.1 Å². The summed E-state index contributed by atoms with van der Waals surface area (Å²) in [6, 6.07) is 35.8. The van der Waals surface area contributed by atoms with Crippen molar-refractivity contribution >= 4 is 31.1 Å². The van der Waals surface area contributed by atoms with E-state index in [1.807, 2.05) is 0 Å². The second-order valence-corrected chi connectivity index (χ2v) is 15.6. The first kappa shape index (κ1) is 37.6. The SMILES string of the molecule is C[Si]C.Cc1cccc(-c2cccc3[cH-]c(C(C)(C)C)cc23)c1C.Cc1cccc(-c2cccc3[cH-]c(C(C)(C)C)cc23)c1C.[Hf]. The van der Waals surface area contributed by atoms with Gasteiger partial charge in [-0.05, 0) is 71.9 Å². The van der Waals surface area contributed by atoms with Crippen LogP contribution >= 0.6 is 0 Å². The molecule has 2 radical (unpaired) electrons. The number of rotatable bonds is 2. The third-order valence-corrected chi connectivity index (χ3v) is 9.02. The molecule has 0 aliphatic heterocycles. The minimum Gasteiger partial charge on any atom is -0.164 e. The Hall–Kier alpha value is -2.81. The van der Waals surface area contributed by atoms with Crippen LogP contribution in [0.25, 0.3) is 43.8 Å². The Morgan fingerprint density at radius 1 is 0.478 bits per heavy atom. The smallest absolute Gasteiger partial charge is 0.0307 e. The van der Waals surface area contributed by atoms with Gasteiger partial charge in [0.15, 0.2) is 0 Å². The van der Waals surface area contributed by atoms with Crippen LogP contribution in [-0.2, 0) is 36.7 Å². The minimum absolute atomic E-state index is 0. The van der Waals surface area contributed by atoms with Crippen molar-refractivity contribution in [3.05, 3.63) is 130 Å². The van der Waals surface area contributed by atoms with Gasteiger partial charge in [-0.1, -0.05) is 114 Å². The Kier molecular flexibility index (Phi) is 12.6. The van der Waals surface area contributed by atoms with E-state index in [0.717, 1.165) is 9.52 Å². The van der Waals surface area contributed by atoms with E-state index in [4.69, 9.17) is 0 Å². The van der Waals surface area contributed by atoms with Crippen molar-refractivity contribution < 1.29 is 25.8 Å². The second-order valence-electron chi connectivity index (χ2n) is 14.6. The molecule has 0 nitrogen and oxygen atoms in total. The first-order valence-electron chi connectivity index (χ1n) is 16.3. The number of hydrogen-bond acceptors (Lipinski definition) is 0. The van der Waals surface area contributed by atoms with Gasteiger partial charge in [-0.3, -0.25) is 0 Å². The van der Waals surface area contributed by atoms with E-state index in [1.54, 1.807) is 0 Å². The van der Waals surface area contributed by atoms with Crippen LogP contribution in [0.15, 0.2) is 97.1 Å². The van der Waals surface area contributed by atoms with Gasteiger partial charge >= 0.3 is 0 Å². The van der Waals surface area contributed by atoms with Crippen molar-refractivity contribution in [1.82, 2.24) is 0 Å². The van der Waals surface area contributed by atoms with Gasteiger partial charge in [0.1, 0.15) is 0 Å². The van der Waals surface area contributed by atoms with Gasteiger partial charge in [-0.25, -0.2) is 0 Å². The summed E-state index contributed by atoms with van der Waals surface area (Å²) in [5, 5.41) is 5.43. The Morgan fingerprint density at radius 3 is 1.11 bits per heavy atom. The summed E-state index contributed by atoms with van der Waals surface area (Å²) in [5.74, 6) is 0. The number of benzene rings is 4. The molecule has 0 atom stereocenters. The van der Waals surface area contributed by atoms with Gasteiger partial charge < -0.3 is 0 Å². The topological polar surface area (TPSA) is 0 Å². The van der Waals surface area contributed by atoms with Crippen molar-refractivity contribution in [2.75, 3.05) is 0 Å². The van der Waals surface area contributed by atoms with E-state index in [1.165, 1.54) is 77.2 Å². The summed E-state index contributed by atoms with van der Waals surface area (Å²) in [6.07, 6.45) is 0. The molecular formula is C44H52HfSi-2. The molecule has 2 heteroatoms. The third kappa shape index (κ3) is 8.36. The molecule has 46 heavy (non-hydrogen) atoms. The molecule has 0 amide bonds. The molecule has 0 heterocycles. The predicted molar refractivity (Wildman–Crippen MR) is 204 cm³/mol. The first-order chi connectivity index (χ1) is 21.2. The molecule has 0 N–H and O–H groups in total. The molecular weight excluding hydrogens is 735 g/mol. The number of fused-ring (bicyclic) bond motifs is 2. The zero-order valence-electron chi connectivity index (χ0n) is 30.2. The maximum atomic E-state index is 2.37. The molecule has 238 valence electrons. The van der Waals surface area contributed by atoms with Crippen LogP contribution < -0.4 is 0 Å². The Labute approximate surface area is 301 Å². The van der Waals surface area contributed by atoms with Crippen LogP contribution in [0.2, 0.25) is 13.1 Å². The van der Waals surface area contributed by atoms with E-state index in [0.29, 0.717) is 0 Å². The summed E-state index contributed by atoms with van der Waals surface area (Å²) in [4.78, 5) is 0. The van der Waals surface area contributed by atoms with Gasteiger partial charge in [0.05, 0.1) is 0 Å². The molecule has 0 saturated carbocycles. The maximum Gasteiger partial charge on any atom is 0.0307 e. The van der Waals surface area contributed by atoms with E-state index >= 15 is 0 Å². The molecule has 0 aliphatic rings. The van der Waals surface area contributed by atoms with Crippen molar-refractivity contribution in [3.63, 3.8) is 0 Å². The van der Waals surface area contributed by atoms with Crippen molar-refractivity contribution in [3.8, 4) is 22.3 Å². The summed E-state index contributed by atoms with van der Waals surface area (Å²) in [7, 11) is 1.08. The van der Waals surface area contributed by atoms with Crippen LogP contribution in [0.4, 0.5) is 0 Å². The number of hydrogen-bond donors (Lipinski definition) is 0. The average molecular weight is 787 g/mol. The van der Waals surface area contributed by atoms with Crippen LogP contribution in [0.1, 0.15) is 74.9 Å². The molecule has 0 aliphatic carbocycles. The summed E-state index contributed by atoms with van der Waals surface area (Å²) in [5.41, 5.74) is 14.1. The average Bonchev–Trinajstić information content (AvgIpc) is 3.62. The Bertz CT molecular complexity index is 1760. The molecule has 0 unspecified atom stereocenters. The van der Waals surface area contributed by atoms with Crippen molar-refractivity contribution in [2.45, 2.75) is 93.2 Å². The maximum absolute atomic E-state index is 2.37. The third-order valence-electron chi connectivity index (χ3n) is 9.02. The fraction of sp³-hybridized carbons (Fsp3) is 0.318. The summed E-state index contributed by atoms with van der Waals surface area (Å²) in [6.45, 7) is 26.8. The molecule has 0 fully saturated rings. The minimum atomic E-state index is 0. The molecule has 6 rings (SSSR count). The molecule has 0 saturated heterocycles. The molecule has 0 aromatic heterocycles. The zero-order chi connectivity index (χ0) is 33.1. The van der Waals surface area contributed by atoms with E-state index in [9.17, 15) is 0 Å². The fourth-order valence-corrected chi connectivity index (χ4v) is 5.89. The van der Waals surface area contributed by atoms with Crippen molar-refractivity contribution in [2.24, 2.45) is 0 Å². The van der Waals surface area contributed by atoms with E-state index < -0.39 is 0 Å². The molecule has 6 aromatic carbocycles. The number of aryl methyl sites for hydroxylation is 2. The van der Waals surface area contributed by atoms with Gasteiger partial charge in [0.25, 0.3) is 0 Å². The second kappa shape index (κ2) is 15.4. The Morgan fingerprint density at radius 2 is 0.783 bits per heavy atom. The summed E-state index contributed by atoms with van der Waals surface area (Å²) >= 11 is 0. The quantitative estimate of drug-likeness (QED) is 0.121. The Balaban J connectivity index is 0.000000226. The molecule has 0 bridgehead atoms. The first-order valence-corrected chi connectivity index (χ1v) is 18.3. The molecule has 0 spiro atoms. The zero-order valence-corrected chi connectivity index (χ0v) is 34.8. The van der Waals surface area contributed by atoms with Crippen molar-refractivity contribution in [1.29, 1.82) is 0 Å². The summed E-state index contributed by atoms with van der Waals surface area (Å²) < 4.78 is 0. The standard InChI is InChI=1S/2C21H23.C2H6Si.Hf/c2*1-14-8-6-10-18(15(14)2)19-11-7-9-16-12-17(13-20(16)19)21(3,4)5;1-3-2;/h2*6-13H,1-5H3;1-2H3;/q2*-1;;. The van der Waals surface area contributed by atoms with Gasteiger partial charge in [0, 0.05) is 35.4 Å². The molecule has 6 aromatic rings.